The van der Waals surface area contributed by atoms with E-state index in [1.54, 1.807) is 30.3 Å². The van der Waals surface area contributed by atoms with Gasteiger partial charge in [-0.1, -0.05) is 25.9 Å². The molecule has 0 spiro atoms. The van der Waals surface area contributed by atoms with Gasteiger partial charge in [0.25, 0.3) is 5.91 Å². The van der Waals surface area contributed by atoms with Crippen LogP contribution in [0, 0.1) is 11.8 Å². The molecule has 7 nitrogen and oxygen atoms in total. The fourth-order valence-corrected chi connectivity index (χ4v) is 3.23. The van der Waals surface area contributed by atoms with Gasteiger partial charge in [0.1, 0.15) is 12.4 Å². The van der Waals surface area contributed by atoms with E-state index < -0.39 is 0 Å². The molecule has 1 aliphatic carbocycles. The zero-order valence-corrected chi connectivity index (χ0v) is 17.2. The SMILES string of the molecule is CC1CCC(NC(=O)c2cc(COc3ccc(NC(=O)C(C)C)cc3)on2)CC1. The molecule has 0 atom stereocenters. The number of rotatable bonds is 7. The molecule has 3 rings (SSSR count). The van der Waals surface area contributed by atoms with Gasteiger partial charge in [0.15, 0.2) is 11.5 Å². The standard InChI is InChI=1S/C22H29N3O4/c1-14(2)21(26)23-17-8-10-18(11-9-17)28-13-19-12-20(25-29-19)22(27)24-16-6-4-15(3)5-7-16/h8-12,14-16H,4-7,13H2,1-3H3,(H,23,26)(H,24,27). The largest absolute Gasteiger partial charge is 0.486 e. The van der Waals surface area contributed by atoms with Crippen LogP contribution in [-0.2, 0) is 11.4 Å². The van der Waals surface area contributed by atoms with Gasteiger partial charge in [0, 0.05) is 23.7 Å². The van der Waals surface area contributed by atoms with Crippen molar-refractivity contribution >= 4 is 17.5 Å². The second-order valence-corrected chi connectivity index (χ2v) is 8.07. The predicted molar refractivity (Wildman–Crippen MR) is 110 cm³/mol. The lowest BCUT2D eigenvalue weighted by Gasteiger charge is -2.26. The summed E-state index contributed by atoms with van der Waals surface area (Å²) in [6.45, 7) is 6.10. The molecule has 156 valence electrons. The molecule has 1 aromatic heterocycles. The highest BCUT2D eigenvalue weighted by Crippen LogP contribution is 2.23. The quantitative estimate of drug-likeness (QED) is 0.729. The number of aromatic nitrogens is 1. The molecule has 0 bridgehead atoms. The number of benzene rings is 1. The fraction of sp³-hybridized carbons (Fsp3) is 0.500. The Morgan fingerprint density at radius 1 is 1.17 bits per heavy atom. The monoisotopic (exact) mass is 399 g/mol. The molecule has 1 heterocycles. The third-order valence-corrected chi connectivity index (χ3v) is 5.17. The van der Waals surface area contributed by atoms with Crippen LogP contribution in [0.15, 0.2) is 34.9 Å². The molecule has 0 radical (unpaired) electrons. The summed E-state index contributed by atoms with van der Waals surface area (Å²) < 4.78 is 10.9. The normalized spacial score (nSPS) is 19.0. The average molecular weight is 399 g/mol. The number of hydrogen-bond donors (Lipinski definition) is 2. The number of carbonyl (C=O) groups is 2. The Balaban J connectivity index is 1.47. The Bertz CT molecular complexity index is 821. The van der Waals surface area contributed by atoms with Crippen LogP contribution < -0.4 is 15.4 Å². The first-order chi connectivity index (χ1) is 13.9. The lowest BCUT2D eigenvalue weighted by molar-refractivity contribution is -0.118. The minimum Gasteiger partial charge on any atom is -0.486 e. The van der Waals surface area contributed by atoms with E-state index in [2.05, 4.69) is 22.7 Å². The Hall–Kier alpha value is -2.83. The average Bonchev–Trinajstić information content (AvgIpc) is 3.18. The second kappa shape index (κ2) is 9.58. The smallest absolute Gasteiger partial charge is 0.273 e. The molecular formula is C22H29N3O4. The number of nitrogens with one attached hydrogen (secondary N) is 2. The highest BCUT2D eigenvalue weighted by molar-refractivity contribution is 5.92. The Labute approximate surface area is 171 Å². The molecule has 1 fully saturated rings. The molecule has 7 heteroatoms. The van der Waals surface area contributed by atoms with E-state index in [-0.39, 0.29) is 36.1 Å². The maximum absolute atomic E-state index is 12.3. The van der Waals surface area contributed by atoms with E-state index in [0.29, 0.717) is 17.2 Å². The molecule has 29 heavy (non-hydrogen) atoms. The number of amides is 2. The van der Waals surface area contributed by atoms with Crippen molar-refractivity contribution in [3.05, 3.63) is 41.8 Å². The highest BCUT2D eigenvalue weighted by atomic mass is 16.5. The summed E-state index contributed by atoms with van der Waals surface area (Å²) in [5.41, 5.74) is 0.987. The lowest BCUT2D eigenvalue weighted by Crippen LogP contribution is -2.37. The highest BCUT2D eigenvalue weighted by Gasteiger charge is 2.22. The molecule has 2 amide bonds. The van der Waals surface area contributed by atoms with Crippen molar-refractivity contribution in [2.45, 2.75) is 59.1 Å². The molecule has 0 unspecified atom stereocenters. The van der Waals surface area contributed by atoms with Crippen LogP contribution in [0.5, 0.6) is 5.75 Å². The number of hydrogen-bond acceptors (Lipinski definition) is 5. The van der Waals surface area contributed by atoms with E-state index in [1.807, 2.05) is 13.8 Å². The van der Waals surface area contributed by atoms with Crippen LogP contribution in [0.3, 0.4) is 0 Å². The van der Waals surface area contributed by atoms with Crippen LogP contribution >= 0.6 is 0 Å². The van der Waals surface area contributed by atoms with E-state index in [4.69, 9.17) is 9.26 Å². The Kier molecular flexibility index (Phi) is 6.90. The minimum absolute atomic E-state index is 0.0335. The van der Waals surface area contributed by atoms with Crippen molar-refractivity contribution in [3.8, 4) is 5.75 Å². The van der Waals surface area contributed by atoms with Gasteiger partial charge in [0.05, 0.1) is 0 Å². The summed E-state index contributed by atoms with van der Waals surface area (Å²) in [5, 5.41) is 9.72. The first kappa shape index (κ1) is 20.9. The topological polar surface area (TPSA) is 93.5 Å². The number of ether oxygens (including phenoxy) is 1. The van der Waals surface area contributed by atoms with Gasteiger partial charge >= 0.3 is 0 Å². The van der Waals surface area contributed by atoms with Gasteiger partial charge in [-0.05, 0) is 55.9 Å². The Morgan fingerprint density at radius 2 is 1.86 bits per heavy atom. The third kappa shape index (κ3) is 6.07. The number of anilines is 1. The van der Waals surface area contributed by atoms with Gasteiger partial charge in [0.2, 0.25) is 5.91 Å². The van der Waals surface area contributed by atoms with Crippen LogP contribution in [0.1, 0.15) is 62.7 Å². The van der Waals surface area contributed by atoms with Crippen molar-refractivity contribution in [2.75, 3.05) is 5.32 Å². The van der Waals surface area contributed by atoms with Crippen LogP contribution in [-0.4, -0.2) is 23.0 Å². The maximum atomic E-state index is 12.3. The molecular weight excluding hydrogens is 370 g/mol. The van der Waals surface area contributed by atoms with Crippen molar-refractivity contribution < 1.29 is 18.8 Å². The predicted octanol–water partition coefficient (Wildman–Crippen LogP) is 4.16. The van der Waals surface area contributed by atoms with Gasteiger partial charge in [-0.25, -0.2) is 0 Å². The summed E-state index contributed by atoms with van der Waals surface area (Å²) in [6, 6.07) is 8.91. The third-order valence-electron chi connectivity index (χ3n) is 5.17. The van der Waals surface area contributed by atoms with Gasteiger partial charge in [-0.3, -0.25) is 9.59 Å². The molecule has 1 saturated carbocycles. The molecule has 2 aromatic rings. The molecule has 0 saturated heterocycles. The van der Waals surface area contributed by atoms with Crippen LogP contribution in [0.4, 0.5) is 5.69 Å². The summed E-state index contributed by atoms with van der Waals surface area (Å²) in [7, 11) is 0. The number of carbonyl (C=O) groups excluding carboxylic acids is 2. The first-order valence-electron chi connectivity index (χ1n) is 10.2. The zero-order chi connectivity index (χ0) is 20.8. The van der Waals surface area contributed by atoms with E-state index in [9.17, 15) is 9.59 Å². The molecule has 0 aliphatic heterocycles. The van der Waals surface area contributed by atoms with Gasteiger partial charge < -0.3 is 19.9 Å². The van der Waals surface area contributed by atoms with Gasteiger partial charge in [-0.2, -0.15) is 0 Å². The summed E-state index contributed by atoms with van der Waals surface area (Å²) in [6.07, 6.45) is 4.30. The van der Waals surface area contributed by atoms with Gasteiger partial charge in [-0.15, -0.1) is 0 Å². The minimum atomic E-state index is -0.204. The van der Waals surface area contributed by atoms with E-state index in [0.717, 1.165) is 31.6 Å². The second-order valence-electron chi connectivity index (χ2n) is 8.07. The van der Waals surface area contributed by atoms with Crippen molar-refractivity contribution in [2.24, 2.45) is 11.8 Å². The van der Waals surface area contributed by atoms with Crippen molar-refractivity contribution in [1.29, 1.82) is 0 Å². The zero-order valence-electron chi connectivity index (χ0n) is 17.2. The molecule has 2 N–H and O–H groups in total. The number of nitrogens with zero attached hydrogens (tertiary/aromatic N) is 1. The summed E-state index contributed by atoms with van der Waals surface area (Å²) >= 11 is 0. The first-order valence-corrected chi connectivity index (χ1v) is 10.2. The Morgan fingerprint density at radius 3 is 2.52 bits per heavy atom. The van der Waals surface area contributed by atoms with E-state index in [1.165, 1.54) is 0 Å². The lowest BCUT2D eigenvalue weighted by atomic mass is 9.87. The summed E-state index contributed by atoms with van der Waals surface area (Å²) in [4.78, 5) is 24.1. The van der Waals surface area contributed by atoms with Crippen LogP contribution in [0.25, 0.3) is 0 Å². The van der Waals surface area contributed by atoms with Crippen molar-refractivity contribution in [3.63, 3.8) is 0 Å². The fourth-order valence-electron chi connectivity index (χ4n) is 3.23. The molecule has 1 aromatic carbocycles. The van der Waals surface area contributed by atoms with E-state index >= 15 is 0 Å². The van der Waals surface area contributed by atoms with Crippen molar-refractivity contribution in [1.82, 2.24) is 10.5 Å². The molecule has 1 aliphatic rings. The van der Waals surface area contributed by atoms with Crippen LogP contribution in [0.2, 0.25) is 0 Å². The summed E-state index contributed by atoms with van der Waals surface area (Å²) in [5.74, 6) is 1.53. The maximum Gasteiger partial charge on any atom is 0.273 e.